The highest BCUT2D eigenvalue weighted by atomic mass is 14.5. The van der Waals surface area contributed by atoms with E-state index in [2.05, 4.69) is 27.7 Å². The SMILES string of the molecule is CCC1(C)CC1=C(C)C. The Hall–Kier alpha value is -0.260. The Kier molecular flexibility index (Phi) is 1.42. The van der Waals surface area contributed by atoms with Crippen LogP contribution < -0.4 is 0 Å². The van der Waals surface area contributed by atoms with E-state index in [4.69, 9.17) is 0 Å². The molecule has 0 aromatic heterocycles. The number of allylic oxidation sites excluding steroid dienone is 2. The van der Waals surface area contributed by atoms with Crippen molar-refractivity contribution in [2.24, 2.45) is 5.41 Å². The lowest BCUT2D eigenvalue weighted by atomic mass is 10.0. The fourth-order valence-electron chi connectivity index (χ4n) is 1.46. The van der Waals surface area contributed by atoms with E-state index >= 15 is 0 Å². The molecule has 0 spiro atoms. The summed E-state index contributed by atoms with van der Waals surface area (Å²) in [6.07, 6.45) is 2.67. The lowest BCUT2D eigenvalue weighted by Crippen LogP contribution is -1.88. The van der Waals surface area contributed by atoms with E-state index in [0.717, 1.165) is 0 Å². The van der Waals surface area contributed by atoms with Crippen LogP contribution in [0.15, 0.2) is 11.1 Å². The zero-order valence-corrected chi connectivity index (χ0v) is 6.91. The summed E-state index contributed by atoms with van der Waals surface area (Å²) in [6.45, 7) is 9.07. The van der Waals surface area contributed by atoms with E-state index in [1.54, 1.807) is 11.1 Å². The molecule has 52 valence electrons. The van der Waals surface area contributed by atoms with Gasteiger partial charge in [0.1, 0.15) is 0 Å². The molecule has 0 saturated heterocycles. The first-order chi connectivity index (χ1) is 4.10. The van der Waals surface area contributed by atoms with E-state index in [1.165, 1.54) is 12.8 Å². The van der Waals surface area contributed by atoms with Gasteiger partial charge in [-0.25, -0.2) is 0 Å². The van der Waals surface area contributed by atoms with E-state index < -0.39 is 0 Å². The maximum Gasteiger partial charge on any atom is -0.00788 e. The van der Waals surface area contributed by atoms with Gasteiger partial charge >= 0.3 is 0 Å². The zero-order valence-electron chi connectivity index (χ0n) is 6.91. The molecule has 0 aromatic carbocycles. The van der Waals surface area contributed by atoms with Crippen LogP contribution in [0.5, 0.6) is 0 Å². The van der Waals surface area contributed by atoms with Crippen LogP contribution >= 0.6 is 0 Å². The van der Waals surface area contributed by atoms with Crippen molar-refractivity contribution in [1.29, 1.82) is 0 Å². The minimum absolute atomic E-state index is 0.610. The Bertz CT molecular complexity index is 149. The molecule has 1 rings (SSSR count). The Morgan fingerprint density at radius 2 is 2.11 bits per heavy atom. The maximum atomic E-state index is 2.36. The largest absolute Gasteiger partial charge is 0.0766 e. The summed E-state index contributed by atoms with van der Waals surface area (Å²) in [5.74, 6) is 0. The van der Waals surface area contributed by atoms with Gasteiger partial charge in [-0.1, -0.05) is 25.0 Å². The zero-order chi connectivity index (χ0) is 7.07. The summed E-state index contributed by atoms with van der Waals surface area (Å²) in [7, 11) is 0. The van der Waals surface area contributed by atoms with Gasteiger partial charge in [-0.2, -0.15) is 0 Å². The third kappa shape index (κ3) is 1.03. The van der Waals surface area contributed by atoms with Crippen molar-refractivity contribution in [3.8, 4) is 0 Å². The molecule has 0 N–H and O–H groups in total. The smallest absolute Gasteiger partial charge is 0.00788 e. The molecular weight excluding hydrogens is 108 g/mol. The molecule has 1 aliphatic carbocycles. The second-order valence-electron chi connectivity index (χ2n) is 3.57. The summed E-state index contributed by atoms with van der Waals surface area (Å²) >= 11 is 0. The average Bonchev–Trinajstić information content (AvgIpc) is 2.44. The van der Waals surface area contributed by atoms with Crippen molar-refractivity contribution in [2.45, 2.75) is 40.5 Å². The van der Waals surface area contributed by atoms with Gasteiger partial charge in [0.15, 0.2) is 0 Å². The highest BCUT2D eigenvalue weighted by molar-refractivity contribution is 5.34. The summed E-state index contributed by atoms with van der Waals surface area (Å²) in [6, 6.07) is 0. The lowest BCUT2D eigenvalue weighted by Gasteiger charge is -2.00. The van der Waals surface area contributed by atoms with Crippen molar-refractivity contribution in [1.82, 2.24) is 0 Å². The molecule has 1 atom stereocenters. The predicted molar refractivity (Wildman–Crippen MR) is 41.4 cm³/mol. The van der Waals surface area contributed by atoms with Crippen molar-refractivity contribution < 1.29 is 0 Å². The van der Waals surface area contributed by atoms with Gasteiger partial charge in [0.25, 0.3) is 0 Å². The van der Waals surface area contributed by atoms with Crippen molar-refractivity contribution in [3.05, 3.63) is 11.1 Å². The number of hydrogen-bond donors (Lipinski definition) is 0. The molecule has 1 unspecified atom stereocenters. The molecule has 9 heavy (non-hydrogen) atoms. The molecule has 0 aliphatic heterocycles. The van der Waals surface area contributed by atoms with Gasteiger partial charge < -0.3 is 0 Å². The van der Waals surface area contributed by atoms with E-state index in [1.807, 2.05) is 0 Å². The van der Waals surface area contributed by atoms with Crippen LogP contribution in [0.2, 0.25) is 0 Å². The average molecular weight is 124 g/mol. The van der Waals surface area contributed by atoms with E-state index in [0.29, 0.717) is 5.41 Å². The van der Waals surface area contributed by atoms with Crippen molar-refractivity contribution in [2.75, 3.05) is 0 Å². The Morgan fingerprint density at radius 1 is 1.56 bits per heavy atom. The second kappa shape index (κ2) is 1.86. The van der Waals surface area contributed by atoms with Crippen LogP contribution in [0.3, 0.4) is 0 Å². The first kappa shape index (κ1) is 6.85. The first-order valence-corrected chi connectivity index (χ1v) is 3.77. The summed E-state index contributed by atoms with van der Waals surface area (Å²) in [4.78, 5) is 0. The molecule has 0 aromatic rings. The molecule has 0 bridgehead atoms. The lowest BCUT2D eigenvalue weighted by molar-refractivity contribution is 0.578. The van der Waals surface area contributed by atoms with Crippen LogP contribution in [0, 0.1) is 5.41 Å². The van der Waals surface area contributed by atoms with E-state index in [-0.39, 0.29) is 0 Å². The summed E-state index contributed by atoms with van der Waals surface area (Å²) in [5.41, 5.74) is 3.85. The molecule has 1 saturated carbocycles. The maximum absolute atomic E-state index is 2.36. The molecule has 0 heterocycles. The van der Waals surface area contributed by atoms with Crippen molar-refractivity contribution >= 4 is 0 Å². The molecule has 0 radical (unpaired) electrons. The van der Waals surface area contributed by atoms with Gasteiger partial charge in [-0.15, -0.1) is 0 Å². The topological polar surface area (TPSA) is 0 Å². The normalized spacial score (nSPS) is 32.7. The fourth-order valence-corrected chi connectivity index (χ4v) is 1.46. The number of rotatable bonds is 1. The Labute approximate surface area is 58.0 Å². The van der Waals surface area contributed by atoms with Gasteiger partial charge in [0.05, 0.1) is 0 Å². The standard InChI is InChI=1S/C9H16/c1-5-9(4)6-8(9)7(2)3/h5-6H2,1-4H3. The Morgan fingerprint density at radius 3 is 2.22 bits per heavy atom. The van der Waals surface area contributed by atoms with Crippen LogP contribution in [0.1, 0.15) is 40.5 Å². The monoisotopic (exact) mass is 124 g/mol. The molecule has 0 nitrogen and oxygen atoms in total. The van der Waals surface area contributed by atoms with E-state index in [9.17, 15) is 0 Å². The second-order valence-corrected chi connectivity index (χ2v) is 3.57. The van der Waals surface area contributed by atoms with Gasteiger partial charge in [-0.3, -0.25) is 0 Å². The summed E-state index contributed by atoms with van der Waals surface area (Å²) < 4.78 is 0. The van der Waals surface area contributed by atoms with Gasteiger partial charge in [-0.05, 0) is 32.1 Å². The fraction of sp³-hybridized carbons (Fsp3) is 0.778. The minimum Gasteiger partial charge on any atom is -0.0766 e. The first-order valence-electron chi connectivity index (χ1n) is 3.77. The third-order valence-corrected chi connectivity index (χ3v) is 2.55. The highest BCUT2D eigenvalue weighted by Crippen LogP contribution is 2.55. The number of hydrogen-bond acceptors (Lipinski definition) is 0. The molecule has 0 amide bonds. The van der Waals surface area contributed by atoms with Crippen molar-refractivity contribution in [3.63, 3.8) is 0 Å². The van der Waals surface area contributed by atoms with Crippen LogP contribution in [0.4, 0.5) is 0 Å². The minimum atomic E-state index is 0.610. The third-order valence-electron chi connectivity index (χ3n) is 2.55. The molecule has 1 aliphatic rings. The highest BCUT2D eigenvalue weighted by Gasteiger charge is 2.42. The molecule has 0 heteroatoms. The quantitative estimate of drug-likeness (QED) is 0.471. The van der Waals surface area contributed by atoms with Gasteiger partial charge in [0.2, 0.25) is 0 Å². The molecule has 1 fully saturated rings. The Balaban J connectivity index is 2.68. The molecular formula is C9H16. The van der Waals surface area contributed by atoms with Crippen LogP contribution in [0.25, 0.3) is 0 Å². The van der Waals surface area contributed by atoms with Crippen LogP contribution in [-0.4, -0.2) is 0 Å². The predicted octanol–water partition coefficient (Wildman–Crippen LogP) is 3.14. The summed E-state index contributed by atoms with van der Waals surface area (Å²) in [5, 5.41) is 0. The van der Waals surface area contributed by atoms with Crippen LogP contribution in [-0.2, 0) is 0 Å². The van der Waals surface area contributed by atoms with Gasteiger partial charge in [0, 0.05) is 0 Å².